The van der Waals surface area contributed by atoms with Gasteiger partial charge in [0.2, 0.25) is 0 Å². The van der Waals surface area contributed by atoms with E-state index in [9.17, 15) is 9.90 Å². The molecule has 320 valence electrons. The minimum Gasteiger partial charge on any atom is -0.489 e. The van der Waals surface area contributed by atoms with Crippen LogP contribution in [0.25, 0.3) is 0 Å². The van der Waals surface area contributed by atoms with Crippen LogP contribution in [0, 0.1) is 43.9 Å². The van der Waals surface area contributed by atoms with Crippen molar-refractivity contribution in [3.8, 4) is 11.5 Å². The largest absolute Gasteiger partial charge is 0.489 e. The van der Waals surface area contributed by atoms with Crippen molar-refractivity contribution in [1.82, 2.24) is 0 Å². The summed E-state index contributed by atoms with van der Waals surface area (Å²) >= 11 is 0. The van der Waals surface area contributed by atoms with Crippen molar-refractivity contribution < 1.29 is 24.1 Å². The number of aliphatic hydroxyl groups excluding tert-OH is 1. The Morgan fingerprint density at radius 1 is 0.825 bits per heavy atom. The molecule has 0 saturated carbocycles. The predicted octanol–water partition coefficient (Wildman–Crippen LogP) is 13.9. The Bertz CT molecular complexity index is 1620. The van der Waals surface area contributed by atoms with Crippen molar-refractivity contribution in [3.05, 3.63) is 81.0 Å². The predicted molar refractivity (Wildman–Crippen MR) is 241 cm³/mol. The number of carbonyl (C=O) groups is 1. The fourth-order valence-electron chi connectivity index (χ4n) is 8.84. The number of esters is 1. The van der Waals surface area contributed by atoms with E-state index in [4.69, 9.17) is 14.2 Å². The summed E-state index contributed by atoms with van der Waals surface area (Å²) in [7, 11) is 0. The van der Waals surface area contributed by atoms with Gasteiger partial charge in [-0.05, 0) is 144 Å². The highest BCUT2D eigenvalue weighted by atomic mass is 16.6. The first-order valence-corrected chi connectivity index (χ1v) is 22.5. The van der Waals surface area contributed by atoms with E-state index in [0.717, 1.165) is 76.4 Å². The molecule has 1 unspecified atom stereocenters. The van der Waals surface area contributed by atoms with Crippen LogP contribution in [0.3, 0.4) is 0 Å². The highest BCUT2D eigenvalue weighted by Gasteiger charge is 2.35. The van der Waals surface area contributed by atoms with Crippen LogP contribution < -0.4 is 9.47 Å². The molecule has 0 aromatic heterocycles. The number of allylic oxidation sites excluding steroid dienone is 9. The third kappa shape index (κ3) is 15.6. The number of benzene rings is 1. The Balaban J connectivity index is 1.51. The molecule has 2 aliphatic rings. The number of hydrogen-bond donors (Lipinski definition) is 1. The lowest BCUT2D eigenvalue weighted by Crippen LogP contribution is -2.37. The fraction of sp³-hybridized carbons (Fsp3) is 0.673. The molecular formula is C52H82O5. The number of hydrogen-bond acceptors (Lipinski definition) is 5. The summed E-state index contributed by atoms with van der Waals surface area (Å²) in [6, 6.07) is 0. The maximum Gasteiger partial charge on any atom is 0.331 e. The zero-order chi connectivity index (χ0) is 42.3. The average molecular weight is 787 g/mol. The molecule has 5 heteroatoms. The van der Waals surface area contributed by atoms with Crippen LogP contribution in [0.2, 0.25) is 0 Å². The maximum absolute atomic E-state index is 12.8. The van der Waals surface area contributed by atoms with Gasteiger partial charge in [-0.2, -0.15) is 0 Å². The molecule has 1 N–H and O–H groups in total. The van der Waals surface area contributed by atoms with Gasteiger partial charge in [0.1, 0.15) is 23.7 Å². The molecule has 4 atom stereocenters. The molecule has 0 fully saturated rings. The van der Waals surface area contributed by atoms with Crippen LogP contribution in [-0.4, -0.2) is 36.0 Å². The zero-order valence-electron chi connectivity index (χ0n) is 38.7. The molecular weight excluding hydrogens is 705 g/mol. The summed E-state index contributed by atoms with van der Waals surface area (Å²) in [5, 5.41) is 10.1. The molecule has 0 saturated heterocycles. The second kappa shape index (κ2) is 22.9. The summed E-state index contributed by atoms with van der Waals surface area (Å²) in [4.78, 5) is 12.8. The van der Waals surface area contributed by atoms with Gasteiger partial charge in [0.25, 0.3) is 0 Å². The third-order valence-electron chi connectivity index (χ3n) is 12.9. The summed E-state index contributed by atoms with van der Waals surface area (Å²) in [5.74, 6) is 3.72. The number of carbonyl (C=O) groups excluding carboxylic acids is 1. The van der Waals surface area contributed by atoms with Crippen molar-refractivity contribution in [3.63, 3.8) is 0 Å². The smallest absolute Gasteiger partial charge is 0.331 e. The van der Waals surface area contributed by atoms with Gasteiger partial charge in [0.15, 0.2) is 6.10 Å². The molecule has 1 aliphatic heterocycles. The van der Waals surface area contributed by atoms with Crippen molar-refractivity contribution >= 4 is 5.97 Å². The first-order valence-electron chi connectivity index (χ1n) is 22.5. The molecule has 1 aromatic rings. The molecule has 5 nitrogen and oxygen atoms in total. The third-order valence-corrected chi connectivity index (χ3v) is 12.9. The van der Waals surface area contributed by atoms with Gasteiger partial charge >= 0.3 is 5.97 Å². The molecule has 1 aromatic carbocycles. The zero-order valence-corrected chi connectivity index (χ0v) is 38.7. The van der Waals surface area contributed by atoms with Gasteiger partial charge in [0, 0.05) is 11.6 Å². The summed E-state index contributed by atoms with van der Waals surface area (Å²) in [6.45, 7) is 28.7. The molecule has 0 bridgehead atoms. The lowest BCUT2D eigenvalue weighted by atomic mass is 9.72. The van der Waals surface area contributed by atoms with Crippen molar-refractivity contribution in [1.29, 1.82) is 0 Å². The summed E-state index contributed by atoms with van der Waals surface area (Å²) < 4.78 is 18.8. The first-order chi connectivity index (χ1) is 26.9. The van der Waals surface area contributed by atoms with Crippen molar-refractivity contribution in [2.24, 2.45) is 23.2 Å². The molecule has 3 rings (SSSR count). The molecule has 1 aliphatic carbocycles. The topological polar surface area (TPSA) is 65.0 Å². The lowest BCUT2D eigenvalue weighted by Gasteiger charge is -2.38. The molecule has 1 heterocycles. The summed E-state index contributed by atoms with van der Waals surface area (Å²) in [5.41, 5.74) is 9.28. The quantitative estimate of drug-likeness (QED) is 0.0720. The van der Waals surface area contributed by atoms with Crippen LogP contribution in [-0.2, 0) is 16.0 Å². The Morgan fingerprint density at radius 3 is 2.11 bits per heavy atom. The molecule has 0 spiro atoms. The second-order valence-electron chi connectivity index (χ2n) is 19.4. The van der Waals surface area contributed by atoms with Crippen molar-refractivity contribution in [2.75, 3.05) is 13.2 Å². The van der Waals surface area contributed by atoms with E-state index >= 15 is 0 Å². The van der Waals surface area contributed by atoms with E-state index in [-0.39, 0.29) is 24.2 Å². The van der Waals surface area contributed by atoms with Gasteiger partial charge in [0.05, 0.1) is 6.61 Å². The minimum atomic E-state index is -0.783. The average Bonchev–Trinajstić information content (AvgIpc) is 3.12. The normalized spacial score (nSPS) is 20.5. The maximum atomic E-state index is 12.8. The van der Waals surface area contributed by atoms with Gasteiger partial charge in [-0.15, -0.1) is 0 Å². The monoisotopic (exact) mass is 787 g/mol. The van der Waals surface area contributed by atoms with E-state index in [2.05, 4.69) is 95.2 Å². The van der Waals surface area contributed by atoms with Crippen LogP contribution in [0.1, 0.15) is 175 Å². The number of fused-ring (bicyclic) bond motifs is 1. The van der Waals surface area contributed by atoms with Crippen LogP contribution in [0.15, 0.2) is 58.7 Å². The second-order valence-corrected chi connectivity index (χ2v) is 19.4. The number of aliphatic hydroxyl groups is 1. The Hall–Kier alpha value is -3.05. The van der Waals surface area contributed by atoms with Crippen LogP contribution >= 0.6 is 0 Å². The van der Waals surface area contributed by atoms with Crippen LogP contribution in [0.4, 0.5) is 0 Å². The van der Waals surface area contributed by atoms with E-state index in [0.29, 0.717) is 0 Å². The molecule has 0 amide bonds. The number of rotatable bonds is 22. The van der Waals surface area contributed by atoms with E-state index in [1.54, 1.807) is 0 Å². The van der Waals surface area contributed by atoms with Crippen molar-refractivity contribution in [2.45, 2.75) is 192 Å². The minimum absolute atomic E-state index is 0.0691. The fourth-order valence-corrected chi connectivity index (χ4v) is 8.84. The van der Waals surface area contributed by atoms with E-state index in [1.807, 2.05) is 25.2 Å². The molecule has 0 radical (unpaired) electrons. The van der Waals surface area contributed by atoms with E-state index < -0.39 is 12.1 Å². The highest BCUT2D eigenvalue weighted by Crippen LogP contribution is 2.45. The number of ether oxygens (including phenoxy) is 3. The lowest BCUT2D eigenvalue weighted by molar-refractivity contribution is -0.146. The van der Waals surface area contributed by atoms with E-state index in [1.165, 1.54) is 93.4 Å². The SMILES string of the molecule is CC1=C(/C=C/C(C)=C/C=C/C(C)=C/C(=O)OC(CO)COc2c(C)c(C)c3c(c2C)CC[C@@](C)(CCC[C@H](C)CCC[C@H](C)CCCC(C)C)O3)C(C)(C)CCC1. The van der Waals surface area contributed by atoms with Gasteiger partial charge in [-0.1, -0.05) is 128 Å². The molecule has 57 heavy (non-hydrogen) atoms. The standard InChI is InChI=1S/C52H82O5/c1-36(2)19-14-20-37(3)21-15-22-38(4)25-17-31-52(13)32-29-46-44(10)49(42(8)43(9)50(46)57-52)55-35-45(34-53)56-48(54)33-40(6)24-16-23-39(5)27-28-47-41(7)26-18-30-51(47,11)12/h16,23-24,27-28,33,36-38,45,53H,14-15,17-22,25-26,29-32,34-35H2,1-13H3/b24-16+,28-27+,39-23+,40-33+/t37-,38-,45?,52-/m1/s1. The Morgan fingerprint density at radius 2 is 1.47 bits per heavy atom. The first kappa shape index (κ1) is 48.3. The highest BCUT2D eigenvalue weighted by molar-refractivity contribution is 5.83. The Kier molecular flexibility index (Phi) is 19.4. The van der Waals surface area contributed by atoms with Gasteiger partial charge in [-0.25, -0.2) is 4.79 Å². The van der Waals surface area contributed by atoms with Gasteiger partial charge in [-0.3, -0.25) is 0 Å². The van der Waals surface area contributed by atoms with Gasteiger partial charge < -0.3 is 19.3 Å². The van der Waals surface area contributed by atoms with Crippen LogP contribution in [0.5, 0.6) is 11.5 Å². The summed E-state index contributed by atoms with van der Waals surface area (Å²) in [6.07, 6.45) is 28.2. The Labute approximate surface area is 349 Å².